The second-order valence-electron chi connectivity index (χ2n) is 6.18. The van der Waals surface area contributed by atoms with Crippen LogP contribution in [0.3, 0.4) is 0 Å². The Hall–Kier alpha value is -2.08. The molecule has 0 aromatic heterocycles. The zero-order valence-corrected chi connectivity index (χ0v) is 13.3. The van der Waals surface area contributed by atoms with Gasteiger partial charge in [0, 0.05) is 12.6 Å². The lowest BCUT2D eigenvalue weighted by Gasteiger charge is -2.39. The molecule has 2 aliphatic rings. The van der Waals surface area contributed by atoms with Gasteiger partial charge in [0.2, 0.25) is 5.91 Å². The van der Waals surface area contributed by atoms with Gasteiger partial charge in [0.25, 0.3) is 5.91 Å². The van der Waals surface area contributed by atoms with Gasteiger partial charge in [-0.25, -0.2) is 0 Å². The highest BCUT2D eigenvalue weighted by Gasteiger charge is 2.39. The topological polar surface area (TPSA) is 79.5 Å². The number of fused-ring (bicyclic) bond motifs is 1. The maximum absolute atomic E-state index is 12.3. The van der Waals surface area contributed by atoms with Crippen LogP contribution in [0.4, 0.5) is 0 Å². The van der Waals surface area contributed by atoms with Crippen LogP contribution >= 0.6 is 0 Å². The van der Waals surface area contributed by atoms with Gasteiger partial charge in [-0.1, -0.05) is 25.0 Å². The molecule has 1 aliphatic heterocycles. The lowest BCUT2D eigenvalue weighted by Crippen LogP contribution is -2.66. The van der Waals surface area contributed by atoms with E-state index < -0.39 is 6.17 Å². The summed E-state index contributed by atoms with van der Waals surface area (Å²) in [7, 11) is 1.61. The molecule has 3 rings (SSSR count). The fourth-order valence-corrected chi connectivity index (χ4v) is 3.36. The molecule has 0 radical (unpaired) electrons. The quantitative estimate of drug-likeness (QED) is 0.771. The Kier molecular flexibility index (Phi) is 4.81. The predicted molar refractivity (Wildman–Crippen MR) is 85.7 cm³/mol. The zero-order valence-electron chi connectivity index (χ0n) is 13.3. The van der Waals surface area contributed by atoms with Gasteiger partial charge in [-0.15, -0.1) is 0 Å². The summed E-state index contributed by atoms with van der Waals surface area (Å²) < 4.78 is 5.17. The third-order valence-electron chi connectivity index (χ3n) is 4.63. The van der Waals surface area contributed by atoms with Gasteiger partial charge >= 0.3 is 0 Å². The van der Waals surface area contributed by atoms with Crippen LogP contribution in [-0.2, 0) is 16.1 Å². The first-order valence-corrected chi connectivity index (χ1v) is 8.14. The Labute approximate surface area is 136 Å². The number of benzene rings is 1. The summed E-state index contributed by atoms with van der Waals surface area (Å²) in [6.45, 7) is 0.401. The summed E-state index contributed by atoms with van der Waals surface area (Å²) in [4.78, 5) is 24.5. The van der Waals surface area contributed by atoms with Crippen molar-refractivity contribution in [1.29, 1.82) is 0 Å². The molecule has 0 spiro atoms. The summed E-state index contributed by atoms with van der Waals surface area (Å²) in [5, 5.41) is 8.93. The third-order valence-corrected chi connectivity index (χ3v) is 4.63. The average molecular weight is 317 g/mol. The zero-order chi connectivity index (χ0) is 16.2. The van der Waals surface area contributed by atoms with Crippen LogP contribution in [0.25, 0.3) is 0 Å². The van der Waals surface area contributed by atoms with E-state index in [2.05, 4.69) is 16.0 Å². The molecule has 1 heterocycles. The molecule has 3 unspecified atom stereocenters. The summed E-state index contributed by atoms with van der Waals surface area (Å²) in [6, 6.07) is 7.66. The smallest absolute Gasteiger partial charge is 0.257 e. The van der Waals surface area contributed by atoms with Crippen molar-refractivity contribution in [3.63, 3.8) is 0 Å². The van der Waals surface area contributed by atoms with Crippen molar-refractivity contribution in [3.8, 4) is 5.75 Å². The van der Waals surface area contributed by atoms with Crippen molar-refractivity contribution in [2.45, 2.75) is 44.4 Å². The number of nitrogens with one attached hydrogen (secondary N) is 3. The van der Waals surface area contributed by atoms with E-state index in [1.165, 1.54) is 0 Å². The molecule has 1 aromatic carbocycles. The number of methoxy groups -OCH3 is 1. The van der Waals surface area contributed by atoms with E-state index in [0.29, 0.717) is 6.54 Å². The summed E-state index contributed by atoms with van der Waals surface area (Å²) >= 11 is 0. The van der Waals surface area contributed by atoms with E-state index in [1.54, 1.807) is 7.11 Å². The predicted octanol–water partition coefficient (Wildman–Crippen LogP) is 0.916. The van der Waals surface area contributed by atoms with Gasteiger partial charge in [0.1, 0.15) is 5.75 Å². The Morgan fingerprint density at radius 3 is 3.00 bits per heavy atom. The van der Waals surface area contributed by atoms with Crippen molar-refractivity contribution in [2.75, 3.05) is 7.11 Å². The number of amides is 2. The first kappa shape index (κ1) is 15.8. The maximum Gasteiger partial charge on any atom is 0.257 e. The molecule has 1 aromatic rings. The van der Waals surface area contributed by atoms with Crippen LogP contribution in [0.5, 0.6) is 5.75 Å². The minimum Gasteiger partial charge on any atom is -0.497 e. The molecule has 2 amide bonds. The highest BCUT2D eigenvalue weighted by molar-refractivity contribution is 5.89. The molecular weight excluding hydrogens is 294 g/mol. The summed E-state index contributed by atoms with van der Waals surface area (Å²) in [6.07, 6.45) is 3.41. The second-order valence-corrected chi connectivity index (χ2v) is 6.18. The highest BCUT2D eigenvalue weighted by atomic mass is 16.5. The van der Waals surface area contributed by atoms with Gasteiger partial charge in [-0.3, -0.25) is 14.9 Å². The molecular formula is C17H23N3O3. The number of carbonyl (C=O) groups is 2. The minimum atomic E-state index is -0.646. The Bertz CT molecular complexity index is 590. The van der Waals surface area contributed by atoms with Crippen LogP contribution < -0.4 is 20.7 Å². The van der Waals surface area contributed by atoms with Gasteiger partial charge < -0.3 is 15.4 Å². The second kappa shape index (κ2) is 7.00. The van der Waals surface area contributed by atoms with E-state index >= 15 is 0 Å². The molecule has 2 fully saturated rings. The molecule has 124 valence electrons. The molecule has 3 N–H and O–H groups in total. The summed E-state index contributed by atoms with van der Waals surface area (Å²) in [5.41, 5.74) is 0.954. The van der Waals surface area contributed by atoms with Gasteiger partial charge in [-0.2, -0.15) is 0 Å². The Balaban J connectivity index is 1.56. The number of rotatable bonds is 4. The number of carbonyl (C=O) groups excluding carboxylic acids is 2. The number of ether oxygens (including phenoxy) is 1. The van der Waals surface area contributed by atoms with Gasteiger partial charge in [0.15, 0.2) is 6.17 Å². The van der Waals surface area contributed by atoms with Crippen LogP contribution in [0.1, 0.15) is 31.2 Å². The highest BCUT2D eigenvalue weighted by Crippen LogP contribution is 2.27. The average Bonchev–Trinajstić information content (AvgIpc) is 2.60. The monoisotopic (exact) mass is 317 g/mol. The lowest BCUT2D eigenvalue weighted by molar-refractivity contribution is -0.137. The Morgan fingerprint density at radius 1 is 1.35 bits per heavy atom. The van der Waals surface area contributed by atoms with E-state index in [0.717, 1.165) is 37.0 Å². The van der Waals surface area contributed by atoms with Crippen LogP contribution in [0.15, 0.2) is 24.3 Å². The van der Waals surface area contributed by atoms with Crippen molar-refractivity contribution >= 4 is 11.8 Å². The first-order valence-electron chi connectivity index (χ1n) is 8.14. The van der Waals surface area contributed by atoms with Crippen molar-refractivity contribution in [2.24, 2.45) is 5.92 Å². The fraction of sp³-hybridized carbons (Fsp3) is 0.529. The molecule has 23 heavy (non-hydrogen) atoms. The third kappa shape index (κ3) is 3.64. The normalized spacial score (nSPS) is 26.8. The number of hydrogen-bond acceptors (Lipinski definition) is 4. The molecule has 1 saturated carbocycles. The van der Waals surface area contributed by atoms with E-state index in [9.17, 15) is 9.59 Å². The molecule has 6 nitrogen and oxygen atoms in total. The van der Waals surface area contributed by atoms with Crippen LogP contribution in [-0.4, -0.2) is 31.1 Å². The van der Waals surface area contributed by atoms with Gasteiger partial charge in [0.05, 0.1) is 13.0 Å². The molecule has 6 heteroatoms. The minimum absolute atomic E-state index is 0.00465. The van der Waals surface area contributed by atoms with Gasteiger partial charge in [-0.05, 0) is 30.5 Å². The van der Waals surface area contributed by atoms with Crippen LogP contribution in [0.2, 0.25) is 0 Å². The molecule has 3 atom stereocenters. The largest absolute Gasteiger partial charge is 0.497 e. The molecule has 1 saturated heterocycles. The first-order chi connectivity index (χ1) is 11.2. The summed E-state index contributed by atoms with van der Waals surface area (Å²) in [5.74, 6) is 0.553. The van der Waals surface area contributed by atoms with E-state index in [-0.39, 0.29) is 23.8 Å². The Morgan fingerprint density at radius 2 is 2.17 bits per heavy atom. The van der Waals surface area contributed by atoms with Crippen molar-refractivity contribution in [1.82, 2.24) is 16.0 Å². The molecule has 0 bridgehead atoms. The van der Waals surface area contributed by atoms with Crippen molar-refractivity contribution in [3.05, 3.63) is 29.8 Å². The maximum atomic E-state index is 12.3. The lowest BCUT2D eigenvalue weighted by atomic mass is 9.82. The van der Waals surface area contributed by atoms with E-state index in [4.69, 9.17) is 4.74 Å². The van der Waals surface area contributed by atoms with Crippen molar-refractivity contribution < 1.29 is 14.3 Å². The molecule has 1 aliphatic carbocycles. The standard InChI is InChI=1S/C17H23N3O3/c1-23-12-6-4-5-11(9-12)10-18-17(22)15-19-14-8-3-2-7-13(14)16(21)20-15/h4-6,9,13-15,19H,2-3,7-8,10H2,1H3,(H,18,22)(H,20,21). The van der Waals surface area contributed by atoms with E-state index in [1.807, 2.05) is 24.3 Å². The van der Waals surface area contributed by atoms with Crippen LogP contribution in [0, 0.1) is 5.92 Å². The fourth-order valence-electron chi connectivity index (χ4n) is 3.36. The SMILES string of the molecule is COc1cccc(CNC(=O)C2NC(=O)C3CCCCC3N2)c1. The number of hydrogen-bond donors (Lipinski definition) is 3.